The van der Waals surface area contributed by atoms with E-state index in [0.29, 0.717) is 12.5 Å². The summed E-state index contributed by atoms with van der Waals surface area (Å²) >= 11 is 3.05. The van der Waals surface area contributed by atoms with E-state index in [4.69, 9.17) is 4.74 Å². The molecular formula is C9H11BrO2. The zero-order valence-corrected chi connectivity index (χ0v) is 8.77. The number of hydrogen-bond donors (Lipinski definition) is 0. The first kappa shape index (κ1) is 9.60. The number of ether oxygens (including phenoxy) is 1. The van der Waals surface area contributed by atoms with Gasteiger partial charge in [-0.15, -0.1) is 0 Å². The molecule has 0 aromatic heterocycles. The largest absolute Gasteiger partial charge is 0.465 e. The van der Waals surface area contributed by atoms with Crippen LogP contribution in [0.4, 0.5) is 0 Å². The first-order valence-electron chi connectivity index (χ1n) is 3.83. The number of halogens is 1. The first-order chi connectivity index (χ1) is 5.58. The predicted molar refractivity (Wildman–Crippen MR) is 49.6 cm³/mol. The number of esters is 1. The van der Waals surface area contributed by atoms with Crippen LogP contribution in [0.25, 0.3) is 0 Å². The minimum absolute atomic E-state index is 0.104. The van der Waals surface area contributed by atoms with Crippen molar-refractivity contribution in [3.8, 4) is 10.8 Å². The van der Waals surface area contributed by atoms with Crippen LogP contribution in [0.15, 0.2) is 0 Å². The molecule has 1 aliphatic rings. The molecule has 0 aliphatic heterocycles. The van der Waals surface area contributed by atoms with Gasteiger partial charge in [0.1, 0.15) is 0 Å². The highest BCUT2D eigenvalue weighted by Gasteiger charge is 2.50. The Balaban J connectivity index is 2.33. The van der Waals surface area contributed by atoms with Gasteiger partial charge in [0.15, 0.2) is 0 Å². The van der Waals surface area contributed by atoms with Gasteiger partial charge in [0.2, 0.25) is 0 Å². The lowest BCUT2D eigenvalue weighted by Crippen LogP contribution is -2.11. The van der Waals surface area contributed by atoms with Gasteiger partial charge in [-0.25, -0.2) is 0 Å². The first-order valence-corrected chi connectivity index (χ1v) is 4.62. The van der Waals surface area contributed by atoms with E-state index < -0.39 is 0 Å². The third-order valence-electron chi connectivity index (χ3n) is 2.19. The number of rotatable bonds is 2. The van der Waals surface area contributed by atoms with E-state index in [0.717, 1.165) is 6.42 Å². The van der Waals surface area contributed by atoms with Crippen LogP contribution in [-0.2, 0) is 9.53 Å². The molecule has 0 aromatic carbocycles. The molecule has 0 radical (unpaired) electrons. The lowest BCUT2D eigenvalue weighted by Gasteiger charge is -2.07. The van der Waals surface area contributed by atoms with Crippen LogP contribution < -0.4 is 0 Å². The predicted octanol–water partition coefficient (Wildman–Crippen LogP) is 1.93. The molecule has 3 heteroatoms. The van der Waals surface area contributed by atoms with E-state index in [2.05, 4.69) is 33.6 Å². The molecule has 1 aliphatic carbocycles. The molecule has 66 valence electrons. The highest BCUT2D eigenvalue weighted by Crippen LogP contribution is 2.51. The van der Waals surface area contributed by atoms with Crippen molar-refractivity contribution in [1.82, 2.24) is 0 Å². The molecule has 2 nitrogen and oxygen atoms in total. The molecule has 0 N–H and O–H groups in total. The molecule has 0 saturated heterocycles. The van der Waals surface area contributed by atoms with Crippen LogP contribution in [0.2, 0.25) is 0 Å². The second-order valence-corrected chi connectivity index (χ2v) is 3.83. The van der Waals surface area contributed by atoms with Crippen LogP contribution in [-0.4, -0.2) is 12.6 Å². The zero-order valence-electron chi connectivity index (χ0n) is 7.19. The standard InChI is InChI=1S/C9H11BrO2/c1-7(11)12-6-9(2)5-8(9)3-4-10/h8H,5-6H2,1-2H3/t8-,9+/m1/s1. The summed E-state index contributed by atoms with van der Waals surface area (Å²) in [5.74, 6) is 3.18. The fourth-order valence-corrected chi connectivity index (χ4v) is 1.40. The topological polar surface area (TPSA) is 26.3 Å². The summed E-state index contributed by atoms with van der Waals surface area (Å²) < 4.78 is 4.92. The average Bonchev–Trinajstić information content (AvgIpc) is 2.60. The monoisotopic (exact) mass is 230 g/mol. The molecule has 0 amide bonds. The Bertz CT molecular complexity index is 251. The summed E-state index contributed by atoms with van der Waals surface area (Å²) in [6, 6.07) is 0. The van der Waals surface area contributed by atoms with E-state index in [1.165, 1.54) is 6.92 Å². The molecule has 1 fully saturated rings. The summed E-state index contributed by atoms with van der Waals surface area (Å²) in [5, 5.41) is 0. The number of carbonyl (C=O) groups excluding carboxylic acids is 1. The molecule has 2 atom stereocenters. The van der Waals surface area contributed by atoms with E-state index in [-0.39, 0.29) is 11.4 Å². The number of hydrogen-bond acceptors (Lipinski definition) is 2. The third kappa shape index (κ3) is 2.25. The maximum Gasteiger partial charge on any atom is 0.302 e. The van der Waals surface area contributed by atoms with Crippen LogP contribution >= 0.6 is 15.9 Å². The Hall–Kier alpha value is -0.490. The van der Waals surface area contributed by atoms with E-state index in [9.17, 15) is 4.79 Å². The quantitative estimate of drug-likeness (QED) is 0.536. The molecular weight excluding hydrogens is 220 g/mol. The van der Waals surface area contributed by atoms with Crippen molar-refractivity contribution in [2.75, 3.05) is 6.61 Å². The minimum Gasteiger partial charge on any atom is -0.465 e. The van der Waals surface area contributed by atoms with Gasteiger partial charge in [0.25, 0.3) is 0 Å². The Morgan fingerprint density at radius 1 is 1.83 bits per heavy atom. The van der Waals surface area contributed by atoms with Crippen LogP contribution in [0.3, 0.4) is 0 Å². The molecule has 0 heterocycles. The normalized spacial score (nSPS) is 31.8. The zero-order chi connectivity index (χ0) is 9.19. The summed E-state index contributed by atoms with van der Waals surface area (Å²) in [6.07, 6.45) is 1.03. The summed E-state index contributed by atoms with van der Waals surface area (Å²) in [4.78, 5) is 13.2. The second kappa shape index (κ2) is 3.49. The van der Waals surface area contributed by atoms with Gasteiger partial charge in [-0.2, -0.15) is 0 Å². The molecule has 1 rings (SSSR count). The van der Waals surface area contributed by atoms with Gasteiger partial charge in [-0.3, -0.25) is 4.79 Å². The maximum atomic E-state index is 10.5. The lowest BCUT2D eigenvalue weighted by molar-refractivity contribution is -0.142. The van der Waals surface area contributed by atoms with Gasteiger partial charge in [-0.1, -0.05) is 12.8 Å². The van der Waals surface area contributed by atoms with Crippen LogP contribution in [0.5, 0.6) is 0 Å². The molecule has 0 spiro atoms. The maximum absolute atomic E-state index is 10.5. The van der Waals surface area contributed by atoms with Crippen molar-refractivity contribution in [2.24, 2.45) is 11.3 Å². The van der Waals surface area contributed by atoms with Gasteiger partial charge in [0, 0.05) is 34.2 Å². The molecule has 1 saturated carbocycles. The highest BCUT2D eigenvalue weighted by molar-refractivity contribution is 9.12. The highest BCUT2D eigenvalue weighted by atomic mass is 79.9. The van der Waals surface area contributed by atoms with E-state index in [1.54, 1.807) is 0 Å². The molecule has 12 heavy (non-hydrogen) atoms. The van der Waals surface area contributed by atoms with Crippen LogP contribution in [0, 0.1) is 22.1 Å². The van der Waals surface area contributed by atoms with Crippen molar-refractivity contribution in [2.45, 2.75) is 20.3 Å². The Labute approximate surface area is 80.8 Å². The van der Waals surface area contributed by atoms with Gasteiger partial charge in [0.05, 0.1) is 6.61 Å². The Morgan fingerprint density at radius 3 is 3.00 bits per heavy atom. The van der Waals surface area contributed by atoms with Crippen molar-refractivity contribution in [3.05, 3.63) is 0 Å². The van der Waals surface area contributed by atoms with Crippen LogP contribution in [0.1, 0.15) is 20.3 Å². The van der Waals surface area contributed by atoms with Crippen molar-refractivity contribution in [1.29, 1.82) is 0 Å². The summed E-state index contributed by atoms with van der Waals surface area (Å²) in [6.45, 7) is 4.00. The van der Waals surface area contributed by atoms with Crippen molar-refractivity contribution >= 4 is 21.9 Å². The fourth-order valence-electron chi connectivity index (χ4n) is 1.12. The Kier molecular flexibility index (Phi) is 2.79. The number of carbonyl (C=O) groups is 1. The minimum atomic E-state index is -0.214. The van der Waals surface area contributed by atoms with Gasteiger partial charge >= 0.3 is 5.97 Å². The summed E-state index contributed by atoms with van der Waals surface area (Å²) in [7, 11) is 0. The molecule has 0 bridgehead atoms. The molecule has 0 unspecified atom stereocenters. The fraction of sp³-hybridized carbons (Fsp3) is 0.667. The van der Waals surface area contributed by atoms with Gasteiger partial charge in [-0.05, 0) is 11.3 Å². The second-order valence-electron chi connectivity index (χ2n) is 3.43. The van der Waals surface area contributed by atoms with E-state index >= 15 is 0 Å². The van der Waals surface area contributed by atoms with Crippen molar-refractivity contribution in [3.63, 3.8) is 0 Å². The molecule has 0 aromatic rings. The average molecular weight is 231 g/mol. The lowest BCUT2D eigenvalue weighted by atomic mass is 10.1. The third-order valence-corrected chi connectivity index (χ3v) is 2.41. The van der Waals surface area contributed by atoms with Gasteiger partial charge < -0.3 is 4.74 Å². The smallest absolute Gasteiger partial charge is 0.302 e. The Morgan fingerprint density at radius 2 is 2.50 bits per heavy atom. The van der Waals surface area contributed by atoms with Crippen molar-refractivity contribution < 1.29 is 9.53 Å². The SMILES string of the molecule is CC(=O)OC[C@]1(C)C[C@H]1C#CBr. The summed E-state index contributed by atoms with van der Waals surface area (Å²) in [5.41, 5.74) is 0.104. The van der Waals surface area contributed by atoms with E-state index in [1.807, 2.05) is 0 Å².